The van der Waals surface area contributed by atoms with Crippen LogP contribution >= 0.6 is 22.6 Å². The number of nitrogens with zero attached hydrogens (tertiary/aromatic N) is 1. The van der Waals surface area contributed by atoms with E-state index in [2.05, 4.69) is 34.0 Å². The molecule has 0 saturated carbocycles. The van der Waals surface area contributed by atoms with E-state index < -0.39 is 5.54 Å². The van der Waals surface area contributed by atoms with E-state index in [0.717, 1.165) is 5.56 Å². The lowest BCUT2D eigenvalue weighted by Crippen LogP contribution is -2.45. The summed E-state index contributed by atoms with van der Waals surface area (Å²) in [6, 6.07) is 11.5. The van der Waals surface area contributed by atoms with Gasteiger partial charge in [-0.2, -0.15) is 5.26 Å². The van der Waals surface area contributed by atoms with Gasteiger partial charge in [-0.3, -0.25) is 4.79 Å². The summed E-state index contributed by atoms with van der Waals surface area (Å²) in [5, 5.41) is 11.9. The van der Waals surface area contributed by atoms with Gasteiger partial charge < -0.3 is 5.32 Å². The molecule has 1 amide bonds. The Bertz CT molecular complexity index is 385. The Morgan fingerprint density at radius 2 is 2.13 bits per heavy atom. The van der Waals surface area contributed by atoms with Crippen molar-refractivity contribution in [1.82, 2.24) is 5.32 Å². The molecule has 0 aliphatic carbocycles. The Kier molecular flexibility index (Phi) is 4.09. The number of carbonyl (C=O) groups excluding carboxylic acids is 1. The average molecular weight is 314 g/mol. The fourth-order valence-electron chi connectivity index (χ4n) is 1.33. The zero-order valence-corrected chi connectivity index (χ0v) is 10.5. The van der Waals surface area contributed by atoms with E-state index in [4.69, 9.17) is 0 Å². The molecule has 0 bridgehead atoms. The number of amides is 1. The largest absolute Gasteiger partial charge is 0.334 e. The molecule has 3 nitrogen and oxygen atoms in total. The molecule has 1 atom stereocenters. The van der Waals surface area contributed by atoms with Crippen molar-refractivity contribution in [1.29, 1.82) is 5.26 Å². The number of halogens is 1. The monoisotopic (exact) mass is 314 g/mol. The van der Waals surface area contributed by atoms with Crippen LogP contribution in [0.1, 0.15) is 12.5 Å². The van der Waals surface area contributed by atoms with Crippen LogP contribution in [0.2, 0.25) is 0 Å². The molecule has 0 fully saturated rings. The summed E-state index contributed by atoms with van der Waals surface area (Å²) >= 11 is 2.10. The van der Waals surface area contributed by atoms with E-state index in [1.165, 1.54) is 6.92 Å². The van der Waals surface area contributed by atoms with Gasteiger partial charge in [-0.1, -0.05) is 52.9 Å². The second-order valence-electron chi connectivity index (χ2n) is 3.20. The first kappa shape index (κ1) is 12.0. The van der Waals surface area contributed by atoms with Gasteiger partial charge in [0.25, 0.3) is 0 Å². The smallest absolute Gasteiger partial charge is 0.218 e. The first-order chi connectivity index (χ1) is 7.14. The summed E-state index contributed by atoms with van der Waals surface area (Å²) in [5.41, 5.74) is -0.0923. The minimum Gasteiger partial charge on any atom is -0.334 e. The molecule has 0 aliphatic rings. The fourth-order valence-corrected chi connectivity index (χ4v) is 2.13. The van der Waals surface area contributed by atoms with Crippen molar-refractivity contribution in [2.24, 2.45) is 0 Å². The van der Waals surface area contributed by atoms with Crippen molar-refractivity contribution in [3.8, 4) is 6.07 Å². The summed E-state index contributed by atoms with van der Waals surface area (Å²) in [5.74, 6) is -0.197. The van der Waals surface area contributed by atoms with Gasteiger partial charge in [0.1, 0.15) is 0 Å². The number of benzene rings is 1. The van der Waals surface area contributed by atoms with E-state index in [1.54, 1.807) is 0 Å². The highest BCUT2D eigenvalue weighted by Gasteiger charge is 2.31. The molecular formula is C11H11IN2O. The van der Waals surface area contributed by atoms with E-state index >= 15 is 0 Å². The molecule has 1 aromatic carbocycles. The number of nitriles is 1. The van der Waals surface area contributed by atoms with E-state index in [-0.39, 0.29) is 5.91 Å². The Labute approximate surface area is 103 Å². The van der Waals surface area contributed by atoms with Gasteiger partial charge in [-0.25, -0.2) is 0 Å². The maximum atomic E-state index is 11.1. The molecule has 0 radical (unpaired) electrons. The van der Waals surface area contributed by atoms with Crippen LogP contribution in [0.4, 0.5) is 0 Å². The van der Waals surface area contributed by atoms with Crippen LogP contribution in [0, 0.1) is 11.3 Å². The van der Waals surface area contributed by atoms with Crippen LogP contribution < -0.4 is 5.32 Å². The van der Waals surface area contributed by atoms with Crippen molar-refractivity contribution >= 4 is 28.5 Å². The number of hydrogen-bond donors (Lipinski definition) is 1. The van der Waals surface area contributed by atoms with E-state index in [0.29, 0.717) is 4.43 Å². The fraction of sp³-hybridized carbons (Fsp3) is 0.273. The number of nitrogens with one attached hydrogen (secondary N) is 1. The highest BCUT2D eigenvalue weighted by atomic mass is 127. The minimum atomic E-state index is -0.909. The minimum absolute atomic E-state index is 0.197. The third-order valence-corrected chi connectivity index (χ3v) is 3.19. The summed E-state index contributed by atoms with van der Waals surface area (Å²) < 4.78 is 0.519. The predicted molar refractivity (Wildman–Crippen MR) is 66.4 cm³/mol. The van der Waals surface area contributed by atoms with Gasteiger partial charge in [-0.15, -0.1) is 0 Å². The number of hydrogen-bond acceptors (Lipinski definition) is 2. The Morgan fingerprint density at radius 3 is 2.53 bits per heavy atom. The maximum Gasteiger partial charge on any atom is 0.218 e. The first-order valence-electron chi connectivity index (χ1n) is 4.46. The summed E-state index contributed by atoms with van der Waals surface area (Å²) in [6.07, 6.45) is 0. The summed E-state index contributed by atoms with van der Waals surface area (Å²) in [7, 11) is 0. The van der Waals surface area contributed by atoms with Crippen molar-refractivity contribution in [3.05, 3.63) is 35.9 Å². The Balaban J connectivity index is 3.13. The van der Waals surface area contributed by atoms with Crippen molar-refractivity contribution in [2.45, 2.75) is 12.5 Å². The van der Waals surface area contributed by atoms with Gasteiger partial charge in [-0.05, 0) is 5.56 Å². The second-order valence-corrected chi connectivity index (χ2v) is 3.96. The molecular weight excluding hydrogens is 303 g/mol. The molecule has 1 rings (SSSR count). The van der Waals surface area contributed by atoms with Gasteiger partial charge in [0.2, 0.25) is 5.91 Å². The van der Waals surface area contributed by atoms with Gasteiger partial charge in [0.05, 0.1) is 6.07 Å². The van der Waals surface area contributed by atoms with E-state index in [1.807, 2.05) is 30.3 Å². The van der Waals surface area contributed by atoms with Crippen molar-refractivity contribution in [2.75, 3.05) is 4.43 Å². The molecule has 0 spiro atoms. The van der Waals surface area contributed by atoms with Crippen molar-refractivity contribution < 1.29 is 4.79 Å². The topological polar surface area (TPSA) is 52.9 Å². The highest BCUT2D eigenvalue weighted by molar-refractivity contribution is 14.1. The molecule has 0 heterocycles. The normalized spacial score (nSPS) is 13.7. The standard InChI is InChI=1S/C11H11IN2O/c1-9(15)14-11(7-12,8-13)10-5-3-2-4-6-10/h2-6H,7H2,1H3,(H,14,15). The van der Waals surface area contributed by atoms with Crippen LogP contribution in [-0.4, -0.2) is 10.3 Å². The summed E-state index contributed by atoms with van der Waals surface area (Å²) in [4.78, 5) is 11.1. The third-order valence-electron chi connectivity index (χ3n) is 2.05. The lowest BCUT2D eigenvalue weighted by Gasteiger charge is -2.25. The molecule has 1 aromatic rings. The first-order valence-corrected chi connectivity index (χ1v) is 5.98. The van der Waals surface area contributed by atoms with E-state index in [9.17, 15) is 10.1 Å². The number of carbonyl (C=O) groups is 1. The zero-order chi connectivity index (χ0) is 11.3. The van der Waals surface area contributed by atoms with Crippen LogP contribution in [0.15, 0.2) is 30.3 Å². The highest BCUT2D eigenvalue weighted by Crippen LogP contribution is 2.22. The molecule has 1 N–H and O–H groups in total. The van der Waals surface area contributed by atoms with Crippen LogP contribution in [-0.2, 0) is 10.3 Å². The quantitative estimate of drug-likeness (QED) is 0.685. The molecule has 0 aromatic heterocycles. The second kappa shape index (κ2) is 5.12. The van der Waals surface area contributed by atoms with Gasteiger partial charge in [0, 0.05) is 11.4 Å². The predicted octanol–water partition coefficient (Wildman–Crippen LogP) is 1.98. The average Bonchev–Trinajstić information content (AvgIpc) is 2.27. The van der Waals surface area contributed by atoms with Crippen LogP contribution in [0.3, 0.4) is 0 Å². The maximum absolute atomic E-state index is 11.1. The SMILES string of the molecule is CC(=O)NC(C#N)(CI)c1ccccc1. The Morgan fingerprint density at radius 1 is 1.53 bits per heavy atom. The lowest BCUT2D eigenvalue weighted by molar-refractivity contribution is -0.120. The van der Waals surface area contributed by atoms with Crippen LogP contribution in [0.25, 0.3) is 0 Å². The molecule has 1 unspecified atom stereocenters. The zero-order valence-electron chi connectivity index (χ0n) is 8.33. The van der Waals surface area contributed by atoms with Crippen molar-refractivity contribution in [3.63, 3.8) is 0 Å². The molecule has 78 valence electrons. The molecule has 4 heteroatoms. The third kappa shape index (κ3) is 2.69. The lowest BCUT2D eigenvalue weighted by atomic mass is 9.94. The summed E-state index contributed by atoms with van der Waals surface area (Å²) in [6.45, 7) is 1.42. The van der Waals surface area contributed by atoms with Gasteiger partial charge in [0.15, 0.2) is 5.54 Å². The molecule has 15 heavy (non-hydrogen) atoms. The molecule has 0 saturated heterocycles. The van der Waals surface area contributed by atoms with Gasteiger partial charge >= 0.3 is 0 Å². The number of alkyl halides is 1. The van der Waals surface area contributed by atoms with Crippen LogP contribution in [0.5, 0.6) is 0 Å². The number of rotatable bonds is 3. The molecule has 0 aliphatic heterocycles. The Hall–Kier alpha value is -1.09.